The number of benzene rings is 2. The van der Waals surface area contributed by atoms with Crippen LogP contribution in [0.3, 0.4) is 0 Å². The molecule has 0 radical (unpaired) electrons. The molecule has 27 heavy (non-hydrogen) atoms. The molecule has 1 saturated heterocycles. The van der Waals surface area contributed by atoms with Gasteiger partial charge in [-0.1, -0.05) is 30.3 Å². The van der Waals surface area contributed by atoms with Gasteiger partial charge in [0, 0.05) is 35.9 Å². The summed E-state index contributed by atoms with van der Waals surface area (Å²) in [5, 5.41) is 9.11. The van der Waals surface area contributed by atoms with Crippen molar-refractivity contribution in [2.45, 2.75) is 35.6 Å². The second-order valence-corrected chi connectivity index (χ2v) is 7.65. The van der Waals surface area contributed by atoms with Crippen molar-refractivity contribution in [2.24, 2.45) is 0 Å². The average Bonchev–Trinajstić information content (AvgIpc) is 3.09. The highest BCUT2D eigenvalue weighted by Gasteiger charge is 2.36. The molecule has 5 nitrogen and oxygen atoms in total. The molecule has 1 aliphatic heterocycles. The zero-order valence-corrected chi connectivity index (χ0v) is 16.0. The Labute approximate surface area is 163 Å². The Morgan fingerprint density at radius 1 is 1.15 bits per heavy atom. The maximum atomic E-state index is 12.9. The van der Waals surface area contributed by atoms with Crippen LogP contribution in [0.15, 0.2) is 59.5 Å². The Kier molecular flexibility index (Phi) is 6.53. The number of nitrogens with zero attached hydrogens (tertiary/aromatic N) is 1. The molecule has 1 amide bonds. The van der Waals surface area contributed by atoms with E-state index in [1.165, 1.54) is 4.90 Å². The number of carbonyl (C=O) groups is 2. The van der Waals surface area contributed by atoms with Gasteiger partial charge in [-0.15, -0.1) is 11.8 Å². The standard InChI is InChI=1S/C21H23NO4S/c1-26-18-11-17(12-20(23)24)22(13-18)21(25)16-9-7-15(8-10-16)14-27-19-5-3-2-4-6-19/h2-10,17-18H,11-14H2,1H3,(H,23,24). The molecule has 6 heteroatoms. The molecule has 2 unspecified atom stereocenters. The molecule has 0 aliphatic carbocycles. The summed E-state index contributed by atoms with van der Waals surface area (Å²) in [4.78, 5) is 26.8. The molecule has 1 heterocycles. The highest BCUT2D eigenvalue weighted by atomic mass is 32.2. The molecule has 1 aliphatic rings. The number of amides is 1. The molecule has 142 valence electrons. The largest absolute Gasteiger partial charge is 0.481 e. The van der Waals surface area contributed by atoms with Crippen molar-refractivity contribution in [1.29, 1.82) is 0 Å². The van der Waals surface area contributed by atoms with Gasteiger partial charge in [0.15, 0.2) is 0 Å². The monoisotopic (exact) mass is 385 g/mol. The highest BCUT2D eigenvalue weighted by molar-refractivity contribution is 7.98. The second-order valence-electron chi connectivity index (χ2n) is 6.60. The van der Waals surface area contributed by atoms with E-state index >= 15 is 0 Å². The first kappa shape index (κ1) is 19.5. The molecular weight excluding hydrogens is 362 g/mol. The lowest BCUT2D eigenvalue weighted by Crippen LogP contribution is -2.37. The number of likely N-dealkylation sites (tertiary alicyclic amines) is 1. The van der Waals surface area contributed by atoms with E-state index in [9.17, 15) is 9.59 Å². The molecule has 1 fully saturated rings. The van der Waals surface area contributed by atoms with E-state index in [0.717, 1.165) is 11.3 Å². The quantitative estimate of drug-likeness (QED) is 0.737. The zero-order chi connectivity index (χ0) is 19.2. The van der Waals surface area contributed by atoms with Crippen molar-refractivity contribution in [3.63, 3.8) is 0 Å². The molecule has 0 bridgehead atoms. The van der Waals surface area contributed by atoms with Crippen LogP contribution in [0, 0.1) is 0 Å². The first-order valence-corrected chi connectivity index (χ1v) is 9.87. The summed E-state index contributed by atoms with van der Waals surface area (Å²) in [7, 11) is 1.59. The minimum Gasteiger partial charge on any atom is -0.481 e. The maximum absolute atomic E-state index is 12.9. The van der Waals surface area contributed by atoms with Crippen molar-refractivity contribution in [2.75, 3.05) is 13.7 Å². The van der Waals surface area contributed by atoms with Gasteiger partial charge in [-0.05, 0) is 36.2 Å². The van der Waals surface area contributed by atoms with E-state index in [4.69, 9.17) is 9.84 Å². The number of aliphatic carboxylic acids is 1. The summed E-state index contributed by atoms with van der Waals surface area (Å²) in [6.07, 6.45) is 0.387. The fourth-order valence-corrected chi connectivity index (χ4v) is 4.16. The normalized spacial score (nSPS) is 19.2. The lowest BCUT2D eigenvalue weighted by Gasteiger charge is -2.23. The first-order chi connectivity index (χ1) is 13.1. The maximum Gasteiger partial charge on any atom is 0.305 e. The van der Waals surface area contributed by atoms with Crippen molar-refractivity contribution in [1.82, 2.24) is 4.90 Å². The highest BCUT2D eigenvalue weighted by Crippen LogP contribution is 2.26. The van der Waals surface area contributed by atoms with Gasteiger partial charge in [-0.3, -0.25) is 9.59 Å². The predicted molar refractivity (Wildman–Crippen MR) is 105 cm³/mol. The first-order valence-electron chi connectivity index (χ1n) is 8.89. The SMILES string of the molecule is COC1CC(CC(=O)O)N(C(=O)c2ccc(CSc3ccccc3)cc2)C1. The lowest BCUT2D eigenvalue weighted by molar-refractivity contribution is -0.137. The van der Waals surface area contributed by atoms with E-state index in [0.29, 0.717) is 18.5 Å². The number of methoxy groups -OCH3 is 1. The Morgan fingerprint density at radius 3 is 2.48 bits per heavy atom. The van der Waals surface area contributed by atoms with E-state index in [-0.39, 0.29) is 24.5 Å². The van der Waals surface area contributed by atoms with Gasteiger partial charge in [0.25, 0.3) is 5.91 Å². The molecule has 3 rings (SSSR count). The fraction of sp³-hybridized carbons (Fsp3) is 0.333. The third kappa shape index (κ3) is 5.11. The Bertz CT molecular complexity index is 779. The van der Waals surface area contributed by atoms with Gasteiger partial charge in [-0.25, -0.2) is 0 Å². The van der Waals surface area contributed by atoms with Crippen molar-refractivity contribution < 1.29 is 19.4 Å². The van der Waals surface area contributed by atoms with Crippen LogP contribution in [0.25, 0.3) is 0 Å². The molecule has 0 aromatic heterocycles. The van der Waals surface area contributed by atoms with Gasteiger partial charge >= 0.3 is 5.97 Å². The number of hydrogen-bond acceptors (Lipinski definition) is 4. The number of rotatable bonds is 7. The van der Waals surface area contributed by atoms with E-state index in [1.54, 1.807) is 23.8 Å². The van der Waals surface area contributed by atoms with Gasteiger partial charge in [0.2, 0.25) is 0 Å². The molecule has 0 saturated carbocycles. The summed E-state index contributed by atoms with van der Waals surface area (Å²) < 4.78 is 5.34. The van der Waals surface area contributed by atoms with Gasteiger partial charge in [0.05, 0.1) is 12.5 Å². The van der Waals surface area contributed by atoms with Crippen LogP contribution < -0.4 is 0 Å². The molecule has 1 N–H and O–H groups in total. The van der Waals surface area contributed by atoms with Gasteiger partial charge in [-0.2, -0.15) is 0 Å². The molecule has 2 aromatic carbocycles. The van der Waals surface area contributed by atoms with E-state index in [1.807, 2.05) is 42.5 Å². The summed E-state index contributed by atoms with van der Waals surface area (Å²) >= 11 is 1.75. The molecular formula is C21H23NO4S. The number of carboxylic acids is 1. The van der Waals surface area contributed by atoms with Crippen molar-refractivity contribution in [3.8, 4) is 0 Å². The summed E-state index contributed by atoms with van der Waals surface area (Å²) in [6.45, 7) is 0.429. The number of carboxylic acid groups (broad SMARTS) is 1. The number of thioether (sulfide) groups is 1. The minimum absolute atomic E-state index is 0.0581. The third-order valence-corrected chi connectivity index (χ3v) is 5.81. The van der Waals surface area contributed by atoms with Gasteiger partial charge < -0.3 is 14.7 Å². The average molecular weight is 385 g/mol. The van der Waals surface area contributed by atoms with Crippen molar-refractivity contribution >= 4 is 23.6 Å². The fourth-order valence-electron chi connectivity index (χ4n) is 3.28. The zero-order valence-electron chi connectivity index (χ0n) is 15.2. The van der Waals surface area contributed by atoms with Crippen LogP contribution in [0.4, 0.5) is 0 Å². The lowest BCUT2D eigenvalue weighted by atomic mass is 10.1. The van der Waals surface area contributed by atoms with E-state index < -0.39 is 5.97 Å². The summed E-state index contributed by atoms with van der Waals surface area (Å²) in [5.41, 5.74) is 1.72. The number of carbonyl (C=O) groups excluding carboxylic acids is 1. The van der Waals surface area contributed by atoms with Crippen LogP contribution in [0.5, 0.6) is 0 Å². The van der Waals surface area contributed by atoms with Crippen LogP contribution in [-0.4, -0.2) is 47.7 Å². The van der Waals surface area contributed by atoms with Crippen LogP contribution in [0.1, 0.15) is 28.8 Å². The molecule has 0 spiro atoms. The Hall–Kier alpha value is -2.31. The van der Waals surface area contributed by atoms with Gasteiger partial charge in [0.1, 0.15) is 0 Å². The smallest absolute Gasteiger partial charge is 0.305 e. The Morgan fingerprint density at radius 2 is 1.85 bits per heavy atom. The van der Waals surface area contributed by atoms with Crippen LogP contribution >= 0.6 is 11.8 Å². The molecule has 2 atom stereocenters. The summed E-state index contributed by atoms with van der Waals surface area (Å²) in [6, 6.07) is 17.4. The third-order valence-electron chi connectivity index (χ3n) is 4.73. The van der Waals surface area contributed by atoms with Crippen LogP contribution in [-0.2, 0) is 15.3 Å². The molecule has 2 aromatic rings. The minimum atomic E-state index is -0.900. The summed E-state index contributed by atoms with van der Waals surface area (Å²) in [5.74, 6) is -0.207. The number of hydrogen-bond donors (Lipinski definition) is 1. The topological polar surface area (TPSA) is 66.8 Å². The van der Waals surface area contributed by atoms with Crippen molar-refractivity contribution in [3.05, 3.63) is 65.7 Å². The Balaban J connectivity index is 1.64. The number of ether oxygens (including phenoxy) is 1. The van der Waals surface area contributed by atoms with Crippen LogP contribution in [0.2, 0.25) is 0 Å². The second kappa shape index (κ2) is 9.06. The predicted octanol–water partition coefficient (Wildman–Crippen LogP) is 3.68. The van der Waals surface area contributed by atoms with E-state index in [2.05, 4.69) is 12.1 Å².